The lowest BCUT2D eigenvalue weighted by molar-refractivity contribution is -0.137. The highest BCUT2D eigenvalue weighted by atomic mass is 31.2. The third-order valence-electron chi connectivity index (χ3n) is 8.05. The van der Waals surface area contributed by atoms with Crippen molar-refractivity contribution >= 4 is 31.2 Å². The van der Waals surface area contributed by atoms with Crippen molar-refractivity contribution in [3.8, 4) is 11.3 Å². The van der Waals surface area contributed by atoms with Gasteiger partial charge in [-0.05, 0) is 46.2 Å². The van der Waals surface area contributed by atoms with E-state index in [1.54, 1.807) is 43.7 Å². The van der Waals surface area contributed by atoms with Crippen molar-refractivity contribution in [2.45, 2.75) is 52.3 Å². The Morgan fingerprint density at radius 2 is 1.72 bits per heavy atom. The first-order chi connectivity index (χ1) is 22.1. The van der Waals surface area contributed by atoms with Gasteiger partial charge in [0, 0.05) is 57.1 Å². The quantitative estimate of drug-likeness (QED) is 0.314. The van der Waals surface area contributed by atoms with E-state index in [-0.39, 0.29) is 57.4 Å². The fourth-order valence-electron chi connectivity index (χ4n) is 5.77. The van der Waals surface area contributed by atoms with Crippen molar-refractivity contribution in [2.24, 2.45) is 0 Å². The second kappa shape index (κ2) is 16.4. The summed E-state index contributed by atoms with van der Waals surface area (Å²) in [5, 5.41) is 2.82. The first-order valence-corrected chi connectivity index (χ1v) is 17.6. The van der Waals surface area contributed by atoms with Crippen LogP contribution in [0.15, 0.2) is 42.5 Å². The third-order valence-corrected chi connectivity index (χ3v) is 10.2. The number of hydrogen-bond acceptors (Lipinski definition) is 10. The summed E-state index contributed by atoms with van der Waals surface area (Å²) in [6, 6.07) is 11.5. The van der Waals surface area contributed by atoms with Gasteiger partial charge in [0.05, 0.1) is 37.8 Å². The van der Waals surface area contributed by atoms with Gasteiger partial charge >= 0.3 is 13.7 Å². The number of carbonyl (C=O) groups is 3. The number of rotatable bonds is 13. The zero-order valence-electron chi connectivity index (χ0n) is 27.3. The highest BCUT2D eigenvalue weighted by molar-refractivity contribution is 7.54. The minimum Gasteiger partial charge on any atom is -0.450 e. The fourth-order valence-corrected chi connectivity index (χ4v) is 7.54. The molecule has 0 radical (unpaired) electrons. The molecular weight excluding hydrogens is 613 g/mol. The van der Waals surface area contributed by atoms with Gasteiger partial charge in [-0.2, -0.15) is 0 Å². The van der Waals surface area contributed by atoms with E-state index in [0.29, 0.717) is 12.2 Å². The Balaban J connectivity index is 1.65. The number of benzene rings is 1. The predicted octanol–water partition coefficient (Wildman–Crippen LogP) is 4.03. The van der Waals surface area contributed by atoms with E-state index >= 15 is 0 Å². The Bertz CT molecular complexity index is 1390. The van der Waals surface area contributed by atoms with Gasteiger partial charge in [0.25, 0.3) is 5.91 Å². The summed E-state index contributed by atoms with van der Waals surface area (Å²) in [4.78, 5) is 50.4. The molecule has 4 rings (SSSR count). The minimum absolute atomic E-state index is 0.0742. The number of pyridine rings is 1. The molecule has 0 aliphatic carbocycles. The monoisotopic (exact) mass is 659 g/mol. The molecule has 1 aromatic carbocycles. The van der Waals surface area contributed by atoms with E-state index in [9.17, 15) is 18.9 Å². The van der Waals surface area contributed by atoms with Crippen LogP contribution < -0.4 is 10.2 Å². The highest BCUT2D eigenvalue weighted by Crippen LogP contribution is 2.48. The topological polar surface area (TPSA) is 140 Å². The third kappa shape index (κ3) is 8.85. The van der Waals surface area contributed by atoms with Crippen molar-refractivity contribution in [3.05, 3.63) is 48.2 Å². The molecule has 2 aliphatic heterocycles. The van der Waals surface area contributed by atoms with Crippen LogP contribution in [0.2, 0.25) is 0 Å². The molecule has 46 heavy (non-hydrogen) atoms. The van der Waals surface area contributed by atoms with E-state index in [0.717, 1.165) is 24.2 Å². The van der Waals surface area contributed by atoms with Gasteiger partial charge in [-0.1, -0.05) is 30.3 Å². The molecule has 3 atom stereocenters. The van der Waals surface area contributed by atoms with Crippen LogP contribution in [-0.4, -0.2) is 117 Å². The Labute approximate surface area is 271 Å². The molecule has 3 amide bonds. The molecule has 2 saturated heterocycles. The van der Waals surface area contributed by atoms with Crippen LogP contribution in [0.5, 0.6) is 0 Å². The van der Waals surface area contributed by atoms with Crippen molar-refractivity contribution < 1.29 is 37.5 Å². The second-order valence-electron chi connectivity index (χ2n) is 11.2. The summed E-state index contributed by atoms with van der Waals surface area (Å²) in [7, 11) is -2.08. The van der Waals surface area contributed by atoms with E-state index in [1.165, 1.54) is 0 Å². The van der Waals surface area contributed by atoms with Crippen molar-refractivity contribution in [3.63, 3.8) is 0 Å². The second-order valence-corrected chi connectivity index (χ2v) is 13.3. The molecule has 1 unspecified atom stereocenters. The Morgan fingerprint density at radius 3 is 2.33 bits per heavy atom. The largest absolute Gasteiger partial charge is 0.450 e. The van der Waals surface area contributed by atoms with Crippen LogP contribution in [0, 0.1) is 0 Å². The molecule has 0 bridgehead atoms. The van der Waals surface area contributed by atoms with Crippen LogP contribution in [0.4, 0.5) is 10.5 Å². The van der Waals surface area contributed by atoms with Gasteiger partial charge in [-0.3, -0.25) is 14.2 Å². The molecule has 13 nitrogen and oxygen atoms in total. The van der Waals surface area contributed by atoms with Crippen LogP contribution in [0.3, 0.4) is 0 Å². The molecule has 14 heteroatoms. The van der Waals surface area contributed by atoms with Crippen LogP contribution >= 0.6 is 7.60 Å². The Kier molecular flexibility index (Phi) is 12.6. The van der Waals surface area contributed by atoms with Gasteiger partial charge in [0.1, 0.15) is 11.7 Å². The lowest BCUT2D eigenvalue weighted by Crippen LogP contribution is -2.60. The molecule has 0 saturated carbocycles. The Morgan fingerprint density at radius 1 is 1.00 bits per heavy atom. The molecule has 0 spiro atoms. The van der Waals surface area contributed by atoms with E-state index in [4.69, 9.17) is 18.5 Å². The maximum atomic E-state index is 14.1. The lowest BCUT2D eigenvalue weighted by Gasteiger charge is -2.41. The summed E-state index contributed by atoms with van der Waals surface area (Å²) in [5.74, 6) is -1.05. The average molecular weight is 660 g/mol. The molecule has 2 aromatic rings. The number of methoxy groups -OCH3 is 1. The zero-order valence-corrected chi connectivity index (χ0v) is 28.2. The zero-order chi connectivity index (χ0) is 33.3. The van der Waals surface area contributed by atoms with Gasteiger partial charge in [0.15, 0.2) is 0 Å². The van der Waals surface area contributed by atoms with Crippen LogP contribution in [0.1, 0.15) is 44.6 Å². The molecular formula is C32H46N5O8P. The van der Waals surface area contributed by atoms with Gasteiger partial charge in [-0.25, -0.2) is 9.78 Å². The molecule has 1 aromatic heterocycles. The minimum atomic E-state index is -3.77. The first-order valence-electron chi connectivity index (χ1n) is 15.9. The standard InChI is InChI=1S/C32H46N5O8P/c1-6-43-32(40)36-16-17-37(23(4)20-36)31(39)29(22-46(41,44-7-2)45-8-3)34-30(38)28-19-25(35-15-14-26(21-35)42-5)18-27(33-28)24-12-10-9-11-13-24/h9-13,18-19,23,26,29H,6-8,14-17,20-22H2,1-5H3,(H,34,38)/t23?,26-,29-/m0/s1. The Hall–Kier alpha value is -3.51. The molecule has 2 aliphatic rings. The molecule has 2 fully saturated rings. The number of carbonyl (C=O) groups excluding carboxylic acids is 3. The predicted molar refractivity (Wildman–Crippen MR) is 174 cm³/mol. The maximum absolute atomic E-state index is 14.1. The van der Waals surface area contributed by atoms with Crippen molar-refractivity contribution in [2.75, 3.05) is 70.7 Å². The molecule has 1 N–H and O–H groups in total. The first kappa shape index (κ1) is 35.3. The summed E-state index contributed by atoms with van der Waals surface area (Å²) < 4.78 is 35.4. The van der Waals surface area contributed by atoms with E-state index in [1.807, 2.05) is 43.3 Å². The maximum Gasteiger partial charge on any atom is 0.409 e. The number of nitrogens with zero attached hydrogens (tertiary/aromatic N) is 4. The summed E-state index contributed by atoms with van der Waals surface area (Å²) in [6.45, 7) is 9.50. The number of piperazine rings is 1. The van der Waals surface area contributed by atoms with Crippen LogP contribution in [-0.2, 0) is 27.9 Å². The smallest absolute Gasteiger partial charge is 0.409 e. The number of aromatic nitrogens is 1. The van der Waals surface area contributed by atoms with Gasteiger partial charge in [-0.15, -0.1) is 0 Å². The molecule has 3 heterocycles. The summed E-state index contributed by atoms with van der Waals surface area (Å²) in [6.07, 6.45) is 0.115. The highest BCUT2D eigenvalue weighted by Gasteiger charge is 2.39. The normalized spacial score (nSPS) is 19.2. The van der Waals surface area contributed by atoms with Crippen molar-refractivity contribution in [1.29, 1.82) is 0 Å². The SMILES string of the molecule is CCOC(=O)N1CCN(C(=O)[C@H](CP(=O)(OCC)OCC)NC(=O)c2cc(N3CC[C@H](OC)C3)cc(-c3ccccc3)n2)C(C)C1. The van der Waals surface area contributed by atoms with E-state index < -0.39 is 37.6 Å². The average Bonchev–Trinajstić information content (AvgIpc) is 3.54. The van der Waals surface area contributed by atoms with E-state index in [2.05, 4.69) is 15.2 Å². The summed E-state index contributed by atoms with van der Waals surface area (Å²) in [5.41, 5.74) is 2.35. The number of hydrogen-bond donors (Lipinski definition) is 1. The van der Waals surface area contributed by atoms with Crippen molar-refractivity contribution in [1.82, 2.24) is 20.1 Å². The van der Waals surface area contributed by atoms with Gasteiger partial charge in [0.2, 0.25) is 5.91 Å². The number of anilines is 1. The summed E-state index contributed by atoms with van der Waals surface area (Å²) >= 11 is 0. The number of nitrogens with one attached hydrogen (secondary N) is 1. The number of amides is 3. The van der Waals surface area contributed by atoms with Crippen LogP contribution in [0.25, 0.3) is 11.3 Å². The van der Waals surface area contributed by atoms with Gasteiger partial charge < -0.3 is 38.5 Å². The fraction of sp³-hybridized carbons (Fsp3) is 0.562. The number of ether oxygens (including phenoxy) is 2. The lowest BCUT2D eigenvalue weighted by atomic mass is 10.1. The molecule has 252 valence electrons.